The van der Waals surface area contributed by atoms with Crippen molar-refractivity contribution in [2.24, 2.45) is 7.05 Å². The van der Waals surface area contributed by atoms with Gasteiger partial charge in [0.1, 0.15) is 12.4 Å². The summed E-state index contributed by atoms with van der Waals surface area (Å²) < 4.78 is 4.39. The summed E-state index contributed by atoms with van der Waals surface area (Å²) in [6.07, 6.45) is 0. The third-order valence-electron chi connectivity index (χ3n) is 4.76. The largest absolute Gasteiger partial charge is 0.329 e. The van der Waals surface area contributed by atoms with E-state index in [1.165, 1.54) is 25.9 Å². The quantitative estimate of drug-likeness (QED) is 0.403. The Morgan fingerprint density at radius 2 is 1.80 bits per heavy atom. The first kappa shape index (κ1) is 19.1. The van der Waals surface area contributed by atoms with E-state index in [9.17, 15) is 19.7 Å². The molecule has 2 aromatic carbocycles. The predicted octanol–water partition coefficient (Wildman–Crippen LogP) is 2.38. The lowest BCUT2D eigenvalue weighted by atomic mass is 10.3. The number of aryl methyl sites for hydroxylation is 2. The van der Waals surface area contributed by atoms with Crippen LogP contribution in [-0.2, 0) is 18.4 Å². The Morgan fingerprint density at radius 1 is 1.13 bits per heavy atom. The summed E-state index contributed by atoms with van der Waals surface area (Å²) in [5.74, 6) is 0.0103. The van der Waals surface area contributed by atoms with Gasteiger partial charge in [0, 0.05) is 25.2 Å². The number of benzene rings is 2. The number of nitro benzene ring substituents is 1. The highest BCUT2D eigenvalue weighted by molar-refractivity contribution is 5.91. The lowest BCUT2D eigenvalue weighted by molar-refractivity contribution is -0.384. The zero-order valence-corrected chi connectivity index (χ0v) is 16.3. The minimum atomic E-state index is -0.483. The predicted molar refractivity (Wildman–Crippen MR) is 111 cm³/mol. The standard InChI is InChI=1S/C20H18N6O4/c1-13-11-18(25(22-13)14-7-9-15(10-8-14)26(29)30)21-19(27)12-24-17-6-4-3-5-16(17)23(2)20(24)28/h3-11H,12H2,1-2H3,(H,21,27). The Hall–Kier alpha value is -4.21. The molecule has 2 aromatic heterocycles. The van der Waals surface area contributed by atoms with E-state index >= 15 is 0 Å². The van der Waals surface area contributed by atoms with E-state index in [4.69, 9.17) is 0 Å². The highest BCUT2D eigenvalue weighted by Gasteiger charge is 2.16. The molecule has 10 heteroatoms. The van der Waals surface area contributed by atoms with Gasteiger partial charge in [0.05, 0.1) is 27.3 Å². The molecule has 2 heterocycles. The molecule has 152 valence electrons. The molecule has 0 aliphatic rings. The van der Waals surface area contributed by atoms with Crippen molar-refractivity contribution in [2.45, 2.75) is 13.5 Å². The van der Waals surface area contributed by atoms with Gasteiger partial charge in [-0.15, -0.1) is 0 Å². The van der Waals surface area contributed by atoms with Gasteiger partial charge in [0.2, 0.25) is 5.91 Å². The Balaban J connectivity index is 1.62. The van der Waals surface area contributed by atoms with Crippen molar-refractivity contribution < 1.29 is 9.72 Å². The van der Waals surface area contributed by atoms with Gasteiger partial charge in [0.25, 0.3) is 5.69 Å². The Labute approximate surface area is 170 Å². The molecule has 10 nitrogen and oxygen atoms in total. The number of nitrogens with one attached hydrogen (secondary N) is 1. The normalized spacial score (nSPS) is 11.0. The van der Waals surface area contributed by atoms with Gasteiger partial charge in [0.15, 0.2) is 0 Å². The number of anilines is 1. The van der Waals surface area contributed by atoms with Crippen LogP contribution in [0.15, 0.2) is 59.4 Å². The van der Waals surface area contributed by atoms with E-state index in [0.717, 1.165) is 5.52 Å². The third-order valence-corrected chi connectivity index (χ3v) is 4.76. The number of carbonyl (C=O) groups excluding carboxylic acids is 1. The molecule has 4 aromatic rings. The van der Waals surface area contributed by atoms with E-state index < -0.39 is 10.8 Å². The van der Waals surface area contributed by atoms with Crippen molar-refractivity contribution in [3.8, 4) is 5.69 Å². The van der Waals surface area contributed by atoms with Crippen LogP contribution in [0.2, 0.25) is 0 Å². The molecule has 0 aliphatic carbocycles. The lowest BCUT2D eigenvalue weighted by Crippen LogP contribution is -2.28. The van der Waals surface area contributed by atoms with Gasteiger partial charge in [-0.2, -0.15) is 5.10 Å². The molecule has 1 amide bonds. The van der Waals surface area contributed by atoms with Crippen LogP contribution >= 0.6 is 0 Å². The van der Waals surface area contributed by atoms with Crippen molar-refractivity contribution >= 4 is 28.4 Å². The highest BCUT2D eigenvalue weighted by Crippen LogP contribution is 2.20. The number of non-ortho nitro benzene ring substituents is 1. The summed E-state index contributed by atoms with van der Waals surface area (Å²) in [7, 11) is 1.66. The molecule has 0 saturated heterocycles. The first-order valence-electron chi connectivity index (χ1n) is 9.11. The van der Waals surface area contributed by atoms with Gasteiger partial charge in [-0.05, 0) is 31.2 Å². The number of rotatable bonds is 5. The van der Waals surface area contributed by atoms with E-state index in [2.05, 4.69) is 10.4 Å². The molecule has 0 bridgehead atoms. The monoisotopic (exact) mass is 406 g/mol. The van der Waals surface area contributed by atoms with Crippen molar-refractivity contribution in [3.05, 3.63) is 80.9 Å². The van der Waals surface area contributed by atoms with Gasteiger partial charge >= 0.3 is 5.69 Å². The molecule has 0 spiro atoms. The molecule has 0 saturated carbocycles. The van der Waals surface area contributed by atoms with Gasteiger partial charge in [-0.3, -0.25) is 24.0 Å². The van der Waals surface area contributed by atoms with E-state index in [0.29, 0.717) is 22.7 Å². The van der Waals surface area contributed by atoms with Crippen LogP contribution < -0.4 is 11.0 Å². The molecular formula is C20H18N6O4. The smallest absolute Gasteiger partial charge is 0.309 e. The zero-order valence-electron chi connectivity index (χ0n) is 16.3. The second-order valence-electron chi connectivity index (χ2n) is 6.82. The molecule has 1 N–H and O–H groups in total. The van der Waals surface area contributed by atoms with E-state index in [-0.39, 0.29) is 17.9 Å². The second-order valence-corrected chi connectivity index (χ2v) is 6.82. The Bertz CT molecular complexity index is 1330. The van der Waals surface area contributed by atoms with Crippen molar-refractivity contribution in [1.29, 1.82) is 0 Å². The fraction of sp³-hybridized carbons (Fsp3) is 0.150. The van der Waals surface area contributed by atoms with Crippen LogP contribution in [0.3, 0.4) is 0 Å². The van der Waals surface area contributed by atoms with Gasteiger partial charge in [-0.25, -0.2) is 9.48 Å². The van der Waals surface area contributed by atoms with E-state index in [1.54, 1.807) is 38.2 Å². The minimum Gasteiger partial charge on any atom is -0.309 e. The minimum absolute atomic E-state index is 0.0384. The number of nitro groups is 1. The molecule has 4 rings (SSSR count). The summed E-state index contributed by atoms with van der Waals surface area (Å²) in [6.45, 7) is 1.61. The number of hydrogen-bond donors (Lipinski definition) is 1. The number of nitrogens with zero attached hydrogens (tertiary/aromatic N) is 5. The van der Waals surface area contributed by atoms with Crippen molar-refractivity contribution in [2.75, 3.05) is 5.32 Å². The number of amides is 1. The first-order chi connectivity index (χ1) is 14.3. The summed E-state index contributed by atoms with van der Waals surface area (Å²) in [4.78, 5) is 35.6. The van der Waals surface area contributed by atoms with Crippen LogP contribution in [0.4, 0.5) is 11.5 Å². The fourth-order valence-corrected chi connectivity index (χ4v) is 3.34. The van der Waals surface area contributed by atoms with Gasteiger partial charge in [-0.1, -0.05) is 12.1 Å². The van der Waals surface area contributed by atoms with Crippen LogP contribution in [-0.4, -0.2) is 29.7 Å². The molecule has 0 fully saturated rings. The summed E-state index contributed by atoms with van der Waals surface area (Å²) >= 11 is 0. The highest BCUT2D eigenvalue weighted by atomic mass is 16.6. The van der Waals surface area contributed by atoms with Crippen LogP contribution in [0.1, 0.15) is 5.69 Å². The molecular weight excluding hydrogens is 388 g/mol. The zero-order chi connectivity index (χ0) is 21.4. The number of fused-ring (bicyclic) bond motifs is 1. The Morgan fingerprint density at radius 3 is 2.47 bits per heavy atom. The molecule has 30 heavy (non-hydrogen) atoms. The molecule has 0 atom stereocenters. The summed E-state index contributed by atoms with van der Waals surface area (Å²) in [6, 6.07) is 14.8. The van der Waals surface area contributed by atoms with Crippen LogP contribution in [0.25, 0.3) is 16.7 Å². The van der Waals surface area contributed by atoms with E-state index in [1.807, 2.05) is 18.2 Å². The number of imidazole rings is 1. The maximum absolute atomic E-state index is 12.7. The Kier molecular flexibility index (Phi) is 4.66. The van der Waals surface area contributed by atoms with Crippen LogP contribution in [0.5, 0.6) is 0 Å². The number of aromatic nitrogens is 4. The summed E-state index contributed by atoms with van der Waals surface area (Å²) in [5.41, 5.74) is 2.30. The SMILES string of the molecule is Cc1cc(NC(=O)Cn2c(=O)n(C)c3ccccc32)n(-c2ccc([N+](=O)[O-])cc2)n1. The fourth-order valence-electron chi connectivity index (χ4n) is 3.34. The lowest BCUT2D eigenvalue weighted by Gasteiger charge is -2.09. The van der Waals surface area contributed by atoms with Gasteiger partial charge < -0.3 is 5.32 Å². The second kappa shape index (κ2) is 7.32. The maximum atomic E-state index is 12.7. The molecule has 0 aliphatic heterocycles. The number of para-hydroxylation sites is 2. The number of hydrogen-bond acceptors (Lipinski definition) is 5. The summed E-state index contributed by atoms with van der Waals surface area (Å²) in [5, 5.41) is 18.0. The first-order valence-corrected chi connectivity index (χ1v) is 9.11. The maximum Gasteiger partial charge on any atom is 0.329 e. The average molecular weight is 406 g/mol. The third kappa shape index (κ3) is 3.34. The topological polar surface area (TPSA) is 117 Å². The van der Waals surface area contributed by atoms with Crippen molar-refractivity contribution in [1.82, 2.24) is 18.9 Å². The van der Waals surface area contributed by atoms with Crippen molar-refractivity contribution in [3.63, 3.8) is 0 Å². The average Bonchev–Trinajstić information content (AvgIpc) is 3.21. The molecule has 0 unspecified atom stereocenters. The molecule has 0 radical (unpaired) electrons. The number of carbonyl (C=O) groups is 1. The van der Waals surface area contributed by atoms with Crippen LogP contribution in [0, 0.1) is 17.0 Å².